The molecular weight excluding hydrogens is 412 g/mol. The third-order valence-corrected chi connectivity index (χ3v) is 6.29. The van der Waals surface area contributed by atoms with E-state index in [1.165, 1.54) is 34.6 Å². The molecule has 3 rings (SSSR count). The summed E-state index contributed by atoms with van der Waals surface area (Å²) in [5.41, 5.74) is 0.901. The summed E-state index contributed by atoms with van der Waals surface area (Å²) >= 11 is 0. The first-order chi connectivity index (χ1) is 14.3. The second-order valence-corrected chi connectivity index (χ2v) is 9.14. The van der Waals surface area contributed by atoms with Crippen LogP contribution < -0.4 is 9.21 Å². The SMILES string of the molecule is CS(=O)(=O)N(CCCC(=O)N1CCN(c2ccccc2F)CC1)c1ccc(F)cc1. The minimum Gasteiger partial charge on any atom is -0.366 e. The molecule has 0 radical (unpaired) electrons. The molecule has 162 valence electrons. The molecule has 0 aromatic heterocycles. The van der Waals surface area contributed by atoms with Crippen LogP contribution in [0.1, 0.15) is 12.8 Å². The van der Waals surface area contributed by atoms with Gasteiger partial charge in [0.1, 0.15) is 11.6 Å². The van der Waals surface area contributed by atoms with Gasteiger partial charge in [0.2, 0.25) is 15.9 Å². The fourth-order valence-electron chi connectivity index (χ4n) is 3.53. The molecule has 2 aromatic carbocycles. The number of piperazine rings is 1. The molecule has 9 heteroatoms. The van der Waals surface area contributed by atoms with E-state index in [0.717, 1.165) is 6.26 Å². The van der Waals surface area contributed by atoms with Crippen LogP contribution in [-0.4, -0.2) is 58.2 Å². The zero-order valence-corrected chi connectivity index (χ0v) is 17.6. The van der Waals surface area contributed by atoms with Gasteiger partial charge in [0.15, 0.2) is 0 Å². The molecule has 1 amide bonds. The van der Waals surface area contributed by atoms with Gasteiger partial charge in [0.25, 0.3) is 0 Å². The lowest BCUT2D eigenvalue weighted by Crippen LogP contribution is -2.49. The molecule has 1 heterocycles. The van der Waals surface area contributed by atoms with Gasteiger partial charge in [-0.2, -0.15) is 0 Å². The van der Waals surface area contributed by atoms with Crippen LogP contribution in [0.4, 0.5) is 20.2 Å². The van der Waals surface area contributed by atoms with Crippen molar-refractivity contribution in [3.63, 3.8) is 0 Å². The Bertz CT molecular complexity index is 975. The lowest BCUT2D eigenvalue weighted by atomic mass is 10.2. The number of halogens is 2. The summed E-state index contributed by atoms with van der Waals surface area (Å²) in [5.74, 6) is -0.786. The molecule has 2 aromatic rings. The Morgan fingerprint density at radius 3 is 2.23 bits per heavy atom. The number of hydrogen-bond acceptors (Lipinski definition) is 4. The smallest absolute Gasteiger partial charge is 0.232 e. The van der Waals surface area contributed by atoms with Gasteiger partial charge >= 0.3 is 0 Å². The maximum Gasteiger partial charge on any atom is 0.232 e. The number of hydrogen-bond donors (Lipinski definition) is 0. The van der Waals surface area contributed by atoms with Crippen LogP contribution in [0.3, 0.4) is 0 Å². The average Bonchev–Trinajstić information content (AvgIpc) is 2.72. The third kappa shape index (κ3) is 5.47. The van der Waals surface area contributed by atoms with Crippen molar-refractivity contribution in [2.75, 3.05) is 48.2 Å². The maximum absolute atomic E-state index is 13.9. The first-order valence-corrected chi connectivity index (χ1v) is 11.6. The summed E-state index contributed by atoms with van der Waals surface area (Å²) in [6.45, 7) is 2.18. The van der Waals surface area contributed by atoms with E-state index in [1.807, 2.05) is 4.90 Å². The summed E-state index contributed by atoms with van der Waals surface area (Å²) in [4.78, 5) is 16.2. The Kier molecular flexibility index (Phi) is 6.91. The van der Waals surface area contributed by atoms with E-state index in [0.29, 0.717) is 44.0 Å². The van der Waals surface area contributed by atoms with E-state index in [2.05, 4.69) is 0 Å². The molecule has 0 saturated carbocycles. The lowest BCUT2D eigenvalue weighted by Gasteiger charge is -2.36. The first kappa shape index (κ1) is 22.0. The second-order valence-electron chi connectivity index (χ2n) is 7.23. The summed E-state index contributed by atoms with van der Waals surface area (Å²) < 4.78 is 52.4. The van der Waals surface area contributed by atoms with Crippen molar-refractivity contribution in [2.24, 2.45) is 0 Å². The monoisotopic (exact) mass is 437 g/mol. The van der Waals surface area contributed by atoms with Crippen LogP contribution in [0.25, 0.3) is 0 Å². The van der Waals surface area contributed by atoms with Gasteiger partial charge in [0.05, 0.1) is 17.6 Å². The minimum atomic E-state index is -3.55. The zero-order chi connectivity index (χ0) is 21.7. The second kappa shape index (κ2) is 9.42. The van der Waals surface area contributed by atoms with Gasteiger partial charge < -0.3 is 9.80 Å². The Labute approximate surface area is 175 Å². The molecule has 0 atom stereocenters. The molecular formula is C21H25F2N3O3S. The van der Waals surface area contributed by atoms with Gasteiger partial charge in [-0.05, 0) is 42.8 Å². The first-order valence-electron chi connectivity index (χ1n) is 9.76. The highest BCUT2D eigenvalue weighted by molar-refractivity contribution is 7.92. The average molecular weight is 438 g/mol. The Hall–Kier alpha value is -2.68. The molecule has 1 aliphatic heterocycles. The molecule has 6 nitrogen and oxygen atoms in total. The number of sulfonamides is 1. The van der Waals surface area contributed by atoms with Crippen molar-refractivity contribution in [3.8, 4) is 0 Å². The number of anilines is 2. The van der Waals surface area contributed by atoms with Crippen LogP contribution in [0.15, 0.2) is 48.5 Å². The molecule has 0 aliphatic carbocycles. The Balaban J connectivity index is 1.51. The predicted octanol–water partition coefficient (Wildman–Crippen LogP) is 2.86. The zero-order valence-electron chi connectivity index (χ0n) is 16.8. The number of benzene rings is 2. The summed E-state index contributed by atoms with van der Waals surface area (Å²) in [6.07, 6.45) is 1.63. The minimum absolute atomic E-state index is 0.0595. The van der Waals surface area contributed by atoms with Gasteiger partial charge in [0, 0.05) is 39.1 Å². The Morgan fingerprint density at radius 2 is 1.63 bits per heavy atom. The predicted molar refractivity (Wildman–Crippen MR) is 113 cm³/mol. The number of para-hydroxylation sites is 1. The van der Waals surface area contributed by atoms with Gasteiger partial charge in [-0.25, -0.2) is 17.2 Å². The van der Waals surface area contributed by atoms with Crippen LogP contribution >= 0.6 is 0 Å². The molecule has 0 bridgehead atoms. The Morgan fingerprint density at radius 1 is 1.00 bits per heavy atom. The molecule has 0 unspecified atom stereocenters. The molecule has 1 saturated heterocycles. The van der Waals surface area contributed by atoms with Crippen molar-refractivity contribution >= 4 is 27.3 Å². The highest BCUT2D eigenvalue weighted by Crippen LogP contribution is 2.21. The number of rotatable bonds is 7. The van der Waals surface area contributed by atoms with E-state index < -0.39 is 15.8 Å². The molecule has 0 N–H and O–H groups in total. The highest BCUT2D eigenvalue weighted by atomic mass is 32.2. The quantitative estimate of drug-likeness (QED) is 0.668. The largest absolute Gasteiger partial charge is 0.366 e. The number of amides is 1. The number of carbonyl (C=O) groups is 1. The number of carbonyl (C=O) groups excluding carboxylic acids is 1. The lowest BCUT2D eigenvalue weighted by molar-refractivity contribution is -0.131. The van der Waals surface area contributed by atoms with Crippen LogP contribution in [0.2, 0.25) is 0 Å². The van der Waals surface area contributed by atoms with Crippen molar-refractivity contribution in [1.82, 2.24) is 4.90 Å². The summed E-state index contributed by atoms with van der Waals surface area (Å²) in [6, 6.07) is 11.8. The van der Waals surface area contributed by atoms with Gasteiger partial charge in [-0.15, -0.1) is 0 Å². The summed E-state index contributed by atoms with van der Waals surface area (Å²) in [7, 11) is -3.55. The fraction of sp³-hybridized carbons (Fsp3) is 0.381. The van der Waals surface area contributed by atoms with Crippen molar-refractivity contribution in [1.29, 1.82) is 0 Å². The third-order valence-electron chi connectivity index (χ3n) is 5.09. The van der Waals surface area contributed by atoms with Crippen LogP contribution in [0, 0.1) is 11.6 Å². The van der Waals surface area contributed by atoms with E-state index in [1.54, 1.807) is 23.1 Å². The standard InChI is InChI=1S/C21H25F2N3O3S/c1-30(28,29)26(18-10-8-17(22)9-11-18)12-4-7-21(27)25-15-13-24(14-16-25)20-6-3-2-5-19(20)23/h2-3,5-6,8-11H,4,7,12-16H2,1H3. The van der Waals surface area contributed by atoms with Crippen molar-refractivity contribution < 1.29 is 22.0 Å². The normalized spacial score (nSPS) is 14.6. The molecule has 1 fully saturated rings. The van der Waals surface area contributed by atoms with E-state index >= 15 is 0 Å². The highest BCUT2D eigenvalue weighted by Gasteiger charge is 2.23. The maximum atomic E-state index is 13.9. The van der Waals surface area contributed by atoms with Gasteiger partial charge in [-0.3, -0.25) is 9.10 Å². The molecule has 0 spiro atoms. The number of nitrogens with zero attached hydrogens (tertiary/aromatic N) is 3. The topological polar surface area (TPSA) is 60.9 Å². The van der Waals surface area contributed by atoms with Crippen LogP contribution in [0.5, 0.6) is 0 Å². The van der Waals surface area contributed by atoms with Crippen LogP contribution in [-0.2, 0) is 14.8 Å². The summed E-state index contributed by atoms with van der Waals surface area (Å²) in [5, 5.41) is 0. The van der Waals surface area contributed by atoms with Crippen molar-refractivity contribution in [2.45, 2.75) is 12.8 Å². The molecule has 30 heavy (non-hydrogen) atoms. The van der Waals surface area contributed by atoms with E-state index in [9.17, 15) is 22.0 Å². The van der Waals surface area contributed by atoms with Crippen molar-refractivity contribution in [3.05, 3.63) is 60.2 Å². The van der Waals surface area contributed by atoms with E-state index in [4.69, 9.17) is 0 Å². The fourth-order valence-corrected chi connectivity index (χ4v) is 4.50. The van der Waals surface area contributed by atoms with E-state index in [-0.39, 0.29) is 24.7 Å². The van der Waals surface area contributed by atoms with Gasteiger partial charge in [-0.1, -0.05) is 12.1 Å². The molecule has 1 aliphatic rings.